The molecular formula is C15H14ClF3. The van der Waals surface area contributed by atoms with Crippen LogP contribution in [0.2, 0.25) is 0 Å². The molecule has 102 valence electrons. The number of hydrogen-bond acceptors (Lipinski definition) is 0. The van der Waals surface area contributed by atoms with Crippen molar-refractivity contribution < 1.29 is 13.2 Å². The topological polar surface area (TPSA) is 0 Å². The Balaban J connectivity index is 3.03. The lowest BCUT2D eigenvalue weighted by molar-refractivity contribution is -0.0881. The van der Waals surface area contributed by atoms with Crippen molar-refractivity contribution in [3.8, 4) is 0 Å². The van der Waals surface area contributed by atoms with Gasteiger partial charge < -0.3 is 0 Å². The molecule has 1 aromatic rings. The summed E-state index contributed by atoms with van der Waals surface area (Å²) in [5, 5.41) is 0. The van der Waals surface area contributed by atoms with E-state index in [0.717, 1.165) is 17.7 Å². The first-order valence-electron chi connectivity index (χ1n) is 5.64. The van der Waals surface area contributed by atoms with Crippen molar-refractivity contribution in [1.82, 2.24) is 0 Å². The average molecular weight is 287 g/mol. The lowest BCUT2D eigenvalue weighted by Gasteiger charge is -2.09. The molecule has 0 heterocycles. The molecule has 0 atom stereocenters. The van der Waals surface area contributed by atoms with Crippen molar-refractivity contribution in [2.24, 2.45) is 0 Å². The molecule has 0 amide bonds. The predicted molar refractivity (Wildman–Crippen MR) is 74.0 cm³/mol. The van der Waals surface area contributed by atoms with Gasteiger partial charge in [-0.05, 0) is 29.7 Å². The summed E-state index contributed by atoms with van der Waals surface area (Å²) in [6.45, 7) is 5.21. The fourth-order valence-electron chi connectivity index (χ4n) is 1.48. The molecule has 0 fully saturated rings. The molecule has 1 aromatic carbocycles. The van der Waals surface area contributed by atoms with Gasteiger partial charge in [0.1, 0.15) is 0 Å². The van der Waals surface area contributed by atoms with E-state index in [1.807, 2.05) is 0 Å². The van der Waals surface area contributed by atoms with E-state index in [1.54, 1.807) is 24.3 Å². The summed E-state index contributed by atoms with van der Waals surface area (Å²) in [5.41, 5.74) is 1.14. The fraction of sp³-hybridized carbons (Fsp3) is 0.200. The van der Waals surface area contributed by atoms with E-state index in [1.165, 1.54) is 13.0 Å². The molecule has 0 unspecified atom stereocenters. The van der Waals surface area contributed by atoms with E-state index in [0.29, 0.717) is 17.0 Å². The molecule has 0 aliphatic rings. The maximum Gasteiger partial charge on any atom is 0.416 e. The molecule has 0 N–H and O–H groups in total. The van der Waals surface area contributed by atoms with Crippen LogP contribution in [-0.2, 0) is 5.88 Å². The van der Waals surface area contributed by atoms with Gasteiger partial charge in [0, 0.05) is 5.88 Å². The number of halogens is 4. The molecule has 0 radical (unpaired) electrons. The minimum atomic E-state index is -4.38. The maximum absolute atomic E-state index is 12.7. The van der Waals surface area contributed by atoms with Crippen molar-refractivity contribution in [2.45, 2.75) is 19.0 Å². The van der Waals surface area contributed by atoms with Crippen LogP contribution < -0.4 is 0 Å². The number of hydrogen-bond donors (Lipinski definition) is 0. The SMILES string of the molecule is C=C(/C=C(\C=C/C)C(F)(F)F)c1ccc(CCl)cc1. The second-order valence-corrected chi connectivity index (χ2v) is 4.22. The Labute approximate surface area is 115 Å². The molecule has 4 heteroatoms. The van der Waals surface area contributed by atoms with Gasteiger partial charge in [0.05, 0.1) is 5.57 Å². The largest absolute Gasteiger partial charge is 0.416 e. The molecule has 0 aliphatic heterocycles. The van der Waals surface area contributed by atoms with Crippen molar-refractivity contribution in [2.75, 3.05) is 0 Å². The molecule has 0 saturated carbocycles. The number of allylic oxidation sites excluding steroid dienone is 5. The van der Waals surface area contributed by atoms with Crippen molar-refractivity contribution in [3.63, 3.8) is 0 Å². The fourth-order valence-corrected chi connectivity index (χ4v) is 1.66. The standard InChI is InChI=1S/C15H14ClF3/c1-3-4-14(15(17,18)19)9-11(2)13-7-5-12(10-16)6-8-13/h3-9H,2,10H2,1H3/b4-3-,14-9+. The van der Waals surface area contributed by atoms with Gasteiger partial charge in [-0.25, -0.2) is 0 Å². The zero-order chi connectivity index (χ0) is 14.5. The van der Waals surface area contributed by atoms with Gasteiger partial charge in [-0.15, -0.1) is 11.6 Å². The van der Waals surface area contributed by atoms with Crippen LogP contribution in [0.5, 0.6) is 0 Å². The van der Waals surface area contributed by atoms with Crippen LogP contribution in [0, 0.1) is 0 Å². The summed E-state index contributed by atoms with van der Waals surface area (Å²) in [7, 11) is 0. The van der Waals surface area contributed by atoms with Crippen LogP contribution in [-0.4, -0.2) is 6.18 Å². The molecule has 0 aromatic heterocycles. The zero-order valence-corrected chi connectivity index (χ0v) is 11.2. The summed E-state index contributed by atoms with van der Waals surface area (Å²) in [6, 6.07) is 6.95. The molecule has 0 aliphatic carbocycles. The summed E-state index contributed by atoms with van der Waals surface area (Å²) in [4.78, 5) is 0. The molecule has 0 spiro atoms. The molecule has 0 nitrogen and oxygen atoms in total. The van der Waals surface area contributed by atoms with Gasteiger partial charge in [-0.2, -0.15) is 13.2 Å². The average Bonchev–Trinajstić information content (AvgIpc) is 2.37. The summed E-state index contributed by atoms with van der Waals surface area (Å²) < 4.78 is 38.2. The lowest BCUT2D eigenvalue weighted by Crippen LogP contribution is -2.10. The highest BCUT2D eigenvalue weighted by atomic mass is 35.5. The van der Waals surface area contributed by atoms with Crippen molar-refractivity contribution in [1.29, 1.82) is 0 Å². The third kappa shape index (κ3) is 4.60. The summed E-state index contributed by atoms with van der Waals surface area (Å²) in [5.74, 6) is 0.370. The van der Waals surface area contributed by atoms with E-state index in [2.05, 4.69) is 6.58 Å². The Hall–Kier alpha value is -1.48. The van der Waals surface area contributed by atoms with Gasteiger partial charge >= 0.3 is 6.18 Å². The first-order valence-corrected chi connectivity index (χ1v) is 6.17. The monoisotopic (exact) mass is 286 g/mol. The highest BCUT2D eigenvalue weighted by Gasteiger charge is 2.31. The highest BCUT2D eigenvalue weighted by molar-refractivity contribution is 6.17. The third-order valence-corrected chi connectivity index (χ3v) is 2.79. The first-order chi connectivity index (χ1) is 8.88. The smallest absolute Gasteiger partial charge is 0.166 e. The van der Waals surface area contributed by atoms with Crippen LogP contribution in [0.4, 0.5) is 13.2 Å². The lowest BCUT2D eigenvalue weighted by atomic mass is 10.0. The Kier molecular flexibility index (Phi) is 5.43. The molecule has 19 heavy (non-hydrogen) atoms. The second-order valence-electron chi connectivity index (χ2n) is 3.95. The maximum atomic E-state index is 12.7. The second kappa shape index (κ2) is 6.62. The van der Waals surface area contributed by atoms with Crippen molar-refractivity contribution >= 4 is 17.2 Å². The van der Waals surface area contributed by atoms with Crippen molar-refractivity contribution in [3.05, 3.63) is 65.8 Å². The van der Waals surface area contributed by atoms with Crippen LogP contribution in [0.25, 0.3) is 5.57 Å². The minimum absolute atomic E-state index is 0.312. The van der Waals surface area contributed by atoms with Gasteiger partial charge in [0.15, 0.2) is 0 Å². The van der Waals surface area contributed by atoms with E-state index in [9.17, 15) is 13.2 Å². The first kappa shape index (κ1) is 15.6. The normalized spacial score (nSPS) is 13.0. The van der Waals surface area contributed by atoms with E-state index >= 15 is 0 Å². The van der Waals surface area contributed by atoms with Gasteiger partial charge in [0.25, 0.3) is 0 Å². The van der Waals surface area contributed by atoms with E-state index in [-0.39, 0.29) is 0 Å². The highest BCUT2D eigenvalue weighted by Crippen LogP contribution is 2.29. The van der Waals surface area contributed by atoms with Crippen LogP contribution >= 0.6 is 11.6 Å². The summed E-state index contributed by atoms with van der Waals surface area (Å²) in [6.07, 6.45) is -0.970. The predicted octanol–water partition coefficient (Wildman–Crippen LogP) is 5.50. The number of alkyl halides is 4. The van der Waals surface area contributed by atoms with E-state index in [4.69, 9.17) is 11.6 Å². The van der Waals surface area contributed by atoms with Gasteiger partial charge in [-0.1, -0.05) is 43.0 Å². The van der Waals surface area contributed by atoms with Crippen LogP contribution in [0.1, 0.15) is 18.1 Å². The molecular weight excluding hydrogens is 273 g/mol. The molecule has 0 bridgehead atoms. The Morgan fingerprint density at radius 2 is 1.84 bits per heavy atom. The Morgan fingerprint density at radius 1 is 1.26 bits per heavy atom. The summed E-state index contributed by atoms with van der Waals surface area (Å²) >= 11 is 5.65. The van der Waals surface area contributed by atoms with Crippen LogP contribution in [0.15, 0.2) is 54.6 Å². The molecule has 0 saturated heterocycles. The zero-order valence-electron chi connectivity index (χ0n) is 10.5. The number of benzene rings is 1. The quantitative estimate of drug-likeness (QED) is 0.506. The number of rotatable bonds is 4. The van der Waals surface area contributed by atoms with Crippen LogP contribution in [0.3, 0.4) is 0 Å². The molecule has 1 rings (SSSR count). The van der Waals surface area contributed by atoms with Gasteiger partial charge in [0.2, 0.25) is 0 Å². The third-order valence-electron chi connectivity index (χ3n) is 2.48. The minimum Gasteiger partial charge on any atom is -0.166 e. The Bertz CT molecular complexity index is 493. The van der Waals surface area contributed by atoms with E-state index < -0.39 is 11.7 Å². The Morgan fingerprint density at radius 3 is 2.26 bits per heavy atom. The van der Waals surface area contributed by atoms with Gasteiger partial charge in [-0.3, -0.25) is 0 Å².